The minimum Gasteiger partial charge on any atom is -0.248 e. The quantitative estimate of drug-likeness (QED) is 0.341. The van der Waals surface area contributed by atoms with Crippen LogP contribution in [0.15, 0.2) is 66.7 Å². The number of rotatable bonds is 9. The maximum atomic E-state index is 12.0. The number of hydrogen-bond donors (Lipinski definition) is 0. The maximum absolute atomic E-state index is 12.0. The van der Waals surface area contributed by atoms with Gasteiger partial charge in [-0.3, -0.25) is 0 Å². The van der Waals surface area contributed by atoms with Gasteiger partial charge in [-0.1, -0.05) is 80.3 Å². The highest BCUT2D eigenvalue weighted by Gasteiger charge is 2.38. The molecule has 2 aromatic carbocycles. The summed E-state index contributed by atoms with van der Waals surface area (Å²) in [6.45, 7) is 6.41. The van der Waals surface area contributed by atoms with E-state index in [4.69, 9.17) is 4.98 Å². The minimum atomic E-state index is -0.389. The summed E-state index contributed by atoms with van der Waals surface area (Å²) in [6.07, 6.45) is 5.21. The van der Waals surface area contributed by atoms with Crippen molar-refractivity contribution in [1.29, 1.82) is 0 Å². The second kappa shape index (κ2) is 9.94. The van der Waals surface area contributed by atoms with Gasteiger partial charge in [0, 0.05) is 5.56 Å². The topological polar surface area (TPSA) is 30.0 Å². The Morgan fingerprint density at radius 3 is 2.17 bits per heavy atom. The maximum Gasteiger partial charge on any atom is 0.337 e. The first kappa shape index (κ1) is 21.4. The molecule has 0 aliphatic heterocycles. The van der Waals surface area contributed by atoms with E-state index in [1.165, 1.54) is 29.5 Å². The van der Waals surface area contributed by atoms with Gasteiger partial charge in [0.1, 0.15) is 0 Å². The molecule has 0 N–H and O–H groups in total. The van der Waals surface area contributed by atoms with Gasteiger partial charge in [-0.05, 0) is 60.6 Å². The summed E-state index contributed by atoms with van der Waals surface area (Å²) >= 11 is 0. The second-order valence-electron chi connectivity index (χ2n) is 7.68. The fraction of sp³-hybridized carbons (Fsp3) is 0.346. The smallest absolute Gasteiger partial charge is 0.248 e. The SMILES string of the molecule is CCCCc1cccc(-c2cccc(-c3cccc(C(CC)(CC)[PH+]=O)n3)c2)c1. The molecule has 3 heteroatoms. The fourth-order valence-electron chi connectivity index (χ4n) is 3.82. The van der Waals surface area contributed by atoms with Crippen LogP contribution in [0.1, 0.15) is 57.7 Å². The van der Waals surface area contributed by atoms with Crippen LogP contribution < -0.4 is 0 Å². The van der Waals surface area contributed by atoms with E-state index in [0.717, 1.165) is 36.2 Å². The molecule has 0 amide bonds. The summed E-state index contributed by atoms with van der Waals surface area (Å²) in [5, 5.41) is -0.346. The number of benzene rings is 2. The molecule has 2 nitrogen and oxygen atoms in total. The number of unbranched alkanes of at least 4 members (excludes halogenated alkanes) is 1. The molecule has 0 fully saturated rings. The van der Waals surface area contributed by atoms with Gasteiger partial charge in [0.2, 0.25) is 5.16 Å². The molecule has 1 unspecified atom stereocenters. The summed E-state index contributed by atoms with van der Waals surface area (Å²) in [5.74, 6) is 0. The van der Waals surface area contributed by atoms with Crippen molar-refractivity contribution in [2.24, 2.45) is 0 Å². The molecule has 3 aromatic rings. The van der Waals surface area contributed by atoms with Crippen LogP contribution in [0.3, 0.4) is 0 Å². The van der Waals surface area contributed by atoms with E-state index in [2.05, 4.69) is 69.3 Å². The second-order valence-corrected chi connectivity index (χ2v) is 8.85. The Hall–Kier alpha value is -2.31. The number of nitrogens with zero attached hydrogens (tertiary/aromatic N) is 1. The first-order chi connectivity index (χ1) is 14.2. The lowest BCUT2D eigenvalue weighted by molar-refractivity contribution is 0.512. The van der Waals surface area contributed by atoms with Gasteiger partial charge in [0.25, 0.3) is 0 Å². The van der Waals surface area contributed by atoms with Crippen molar-refractivity contribution in [3.63, 3.8) is 0 Å². The average molecular weight is 405 g/mol. The molecule has 0 radical (unpaired) electrons. The summed E-state index contributed by atoms with van der Waals surface area (Å²) < 4.78 is 12.0. The van der Waals surface area contributed by atoms with Gasteiger partial charge < -0.3 is 0 Å². The molecule has 0 bridgehead atoms. The molecule has 150 valence electrons. The van der Waals surface area contributed by atoms with E-state index in [1.807, 2.05) is 18.2 Å². The molecule has 1 aromatic heterocycles. The van der Waals surface area contributed by atoms with Gasteiger partial charge in [-0.25, -0.2) is 4.98 Å². The predicted molar refractivity (Wildman–Crippen MR) is 125 cm³/mol. The molecule has 29 heavy (non-hydrogen) atoms. The summed E-state index contributed by atoms with van der Waals surface area (Å²) in [7, 11) is -0.389. The first-order valence-electron chi connectivity index (χ1n) is 10.7. The number of pyridine rings is 1. The third-order valence-electron chi connectivity index (χ3n) is 5.88. The molecule has 0 saturated heterocycles. The Bertz CT molecular complexity index is 962. The van der Waals surface area contributed by atoms with Crippen molar-refractivity contribution in [2.75, 3.05) is 0 Å². The van der Waals surface area contributed by atoms with Gasteiger partial charge >= 0.3 is 8.46 Å². The molecular formula is C26H31NOP+. The van der Waals surface area contributed by atoms with Crippen molar-refractivity contribution < 1.29 is 4.57 Å². The Morgan fingerprint density at radius 1 is 0.828 bits per heavy atom. The highest BCUT2D eigenvalue weighted by molar-refractivity contribution is 7.25. The van der Waals surface area contributed by atoms with Crippen molar-refractivity contribution in [2.45, 2.75) is 58.0 Å². The third kappa shape index (κ3) is 4.82. The third-order valence-corrected chi connectivity index (χ3v) is 7.23. The molecule has 0 saturated carbocycles. The lowest BCUT2D eigenvalue weighted by Gasteiger charge is -2.17. The zero-order valence-electron chi connectivity index (χ0n) is 17.7. The van der Waals surface area contributed by atoms with E-state index in [9.17, 15) is 4.57 Å². The number of aromatic nitrogens is 1. The fourth-order valence-corrected chi connectivity index (χ4v) is 4.35. The van der Waals surface area contributed by atoms with Crippen LogP contribution >= 0.6 is 8.46 Å². The van der Waals surface area contributed by atoms with E-state index in [0.29, 0.717) is 0 Å². The van der Waals surface area contributed by atoms with Gasteiger partial charge in [-0.15, -0.1) is 0 Å². The van der Waals surface area contributed by atoms with Gasteiger partial charge in [-0.2, -0.15) is 0 Å². The number of hydrogen-bond acceptors (Lipinski definition) is 2. The van der Waals surface area contributed by atoms with Crippen LogP contribution in [0.4, 0.5) is 0 Å². The van der Waals surface area contributed by atoms with E-state index in [-0.39, 0.29) is 13.6 Å². The van der Waals surface area contributed by atoms with Crippen molar-refractivity contribution in [3.05, 3.63) is 78.0 Å². The van der Waals surface area contributed by atoms with Crippen LogP contribution in [0.5, 0.6) is 0 Å². The minimum absolute atomic E-state index is 0.346. The van der Waals surface area contributed by atoms with Crippen molar-refractivity contribution >= 4 is 8.46 Å². The summed E-state index contributed by atoms with van der Waals surface area (Å²) in [5.41, 5.74) is 6.81. The van der Waals surface area contributed by atoms with Crippen LogP contribution in [0, 0.1) is 0 Å². The summed E-state index contributed by atoms with van der Waals surface area (Å²) in [4.78, 5) is 4.93. The van der Waals surface area contributed by atoms with Gasteiger partial charge in [0.05, 0.1) is 11.4 Å². The zero-order valence-corrected chi connectivity index (χ0v) is 18.7. The Labute approximate surface area is 176 Å². The lowest BCUT2D eigenvalue weighted by Crippen LogP contribution is -2.18. The molecule has 0 spiro atoms. The largest absolute Gasteiger partial charge is 0.337 e. The monoisotopic (exact) mass is 404 g/mol. The van der Waals surface area contributed by atoms with Gasteiger partial charge in [0.15, 0.2) is 0 Å². The van der Waals surface area contributed by atoms with Crippen LogP contribution in [-0.4, -0.2) is 4.98 Å². The Morgan fingerprint density at radius 2 is 1.48 bits per heavy atom. The van der Waals surface area contributed by atoms with Crippen molar-refractivity contribution in [1.82, 2.24) is 4.98 Å². The Kier molecular flexibility index (Phi) is 7.34. The van der Waals surface area contributed by atoms with Crippen LogP contribution in [0.2, 0.25) is 0 Å². The van der Waals surface area contributed by atoms with E-state index >= 15 is 0 Å². The van der Waals surface area contributed by atoms with E-state index in [1.54, 1.807) is 0 Å². The zero-order chi connectivity index (χ0) is 20.7. The first-order valence-corrected chi connectivity index (χ1v) is 11.6. The van der Waals surface area contributed by atoms with Crippen LogP contribution in [0.25, 0.3) is 22.4 Å². The number of aryl methyl sites for hydroxylation is 1. The molecule has 0 aliphatic carbocycles. The van der Waals surface area contributed by atoms with Crippen LogP contribution in [-0.2, 0) is 16.1 Å². The highest BCUT2D eigenvalue weighted by atomic mass is 31.1. The molecule has 1 heterocycles. The molecule has 3 rings (SSSR count). The molecule has 0 aliphatic rings. The normalized spacial score (nSPS) is 11.7. The highest BCUT2D eigenvalue weighted by Crippen LogP contribution is 2.41. The van der Waals surface area contributed by atoms with Crippen molar-refractivity contribution in [3.8, 4) is 22.4 Å². The average Bonchev–Trinajstić information content (AvgIpc) is 2.80. The molecular weight excluding hydrogens is 373 g/mol. The lowest BCUT2D eigenvalue weighted by atomic mass is 9.96. The standard InChI is InChI=1S/C26H30NOP/c1-4-7-11-20-12-8-13-21(18-20)22-14-9-15-23(19-22)24-16-10-17-25(27-24)26(5-2,6-3)29-28/h8-10,12-19H,4-7,11H2,1-3H3/p+1. The Balaban J connectivity index is 1.97. The summed E-state index contributed by atoms with van der Waals surface area (Å²) in [6, 6.07) is 23.5. The molecule has 1 atom stereocenters. The predicted octanol–water partition coefficient (Wildman–Crippen LogP) is 7.80. The van der Waals surface area contributed by atoms with E-state index < -0.39 is 0 Å².